The van der Waals surface area contributed by atoms with Crippen LogP contribution in [0.15, 0.2) is 65.2 Å². The second-order valence-electron chi connectivity index (χ2n) is 6.55. The third-order valence-corrected chi connectivity index (χ3v) is 4.56. The number of rotatable bonds is 5. The molecule has 2 aromatic carbocycles. The van der Waals surface area contributed by atoms with Crippen molar-refractivity contribution in [2.75, 3.05) is 19.7 Å². The quantitative estimate of drug-likeness (QED) is 0.403. The maximum atomic E-state index is 12.8. The number of aliphatic hydroxyl groups is 1. The molecule has 0 saturated carbocycles. The van der Waals surface area contributed by atoms with E-state index in [0.717, 1.165) is 31.5 Å². The summed E-state index contributed by atoms with van der Waals surface area (Å²) in [7, 11) is 0. The van der Waals surface area contributed by atoms with Crippen LogP contribution < -0.4 is 15.4 Å². The van der Waals surface area contributed by atoms with Crippen LogP contribution in [0.4, 0.5) is 17.6 Å². The molecular formula is C21H24F4N2O2S. The lowest BCUT2D eigenvalue weighted by molar-refractivity contribution is -0.274. The van der Waals surface area contributed by atoms with Crippen LogP contribution in [-0.4, -0.2) is 31.2 Å². The summed E-state index contributed by atoms with van der Waals surface area (Å²) >= 11 is 3.91. The Morgan fingerprint density at radius 1 is 1.07 bits per heavy atom. The van der Waals surface area contributed by atoms with Gasteiger partial charge in [-0.15, -0.1) is 25.8 Å². The summed E-state index contributed by atoms with van der Waals surface area (Å²) in [6, 6.07) is 11.3. The van der Waals surface area contributed by atoms with Crippen LogP contribution in [0.5, 0.6) is 5.75 Å². The van der Waals surface area contributed by atoms with E-state index in [0.29, 0.717) is 4.90 Å². The highest BCUT2D eigenvalue weighted by molar-refractivity contribution is 7.80. The van der Waals surface area contributed by atoms with Crippen molar-refractivity contribution in [1.29, 1.82) is 0 Å². The second-order valence-corrected chi connectivity index (χ2v) is 7.06. The first-order valence-electron chi connectivity index (χ1n) is 9.32. The van der Waals surface area contributed by atoms with Gasteiger partial charge in [-0.05, 0) is 74.1 Å². The average Bonchev–Trinajstić information content (AvgIpc) is 2.72. The molecule has 0 bridgehead atoms. The Bertz CT molecular complexity index is 788. The molecule has 1 unspecified atom stereocenters. The molecule has 1 aliphatic heterocycles. The van der Waals surface area contributed by atoms with Crippen LogP contribution >= 0.6 is 12.6 Å². The number of halogens is 4. The number of benzene rings is 2. The number of alkyl halides is 3. The van der Waals surface area contributed by atoms with E-state index < -0.39 is 6.36 Å². The Hall–Kier alpha value is -2.23. The number of hydrogen-bond donors (Lipinski definition) is 4. The smallest absolute Gasteiger partial charge is 0.406 e. The molecule has 1 saturated heterocycles. The molecule has 0 aliphatic carbocycles. The average molecular weight is 444 g/mol. The highest BCUT2D eigenvalue weighted by Crippen LogP contribution is 2.23. The number of thiol groups is 1. The number of piperidine rings is 1. The van der Waals surface area contributed by atoms with Gasteiger partial charge < -0.3 is 20.5 Å². The fourth-order valence-electron chi connectivity index (χ4n) is 2.71. The zero-order chi connectivity index (χ0) is 22.0. The molecular weight excluding hydrogens is 420 g/mol. The Morgan fingerprint density at radius 2 is 1.67 bits per heavy atom. The van der Waals surface area contributed by atoms with E-state index in [9.17, 15) is 22.7 Å². The summed E-state index contributed by atoms with van der Waals surface area (Å²) in [5.74, 6) is -0.493. The van der Waals surface area contributed by atoms with Crippen LogP contribution in [0.25, 0.3) is 0 Å². The molecule has 0 amide bonds. The van der Waals surface area contributed by atoms with Gasteiger partial charge in [0.15, 0.2) is 0 Å². The molecule has 164 valence electrons. The largest absolute Gasteiger partial charge is 0.573 e. The molecule has 0 radical (unpaired) electrons. The summed E-state index contributed by atoms with van der Waals surface area (Å²) in [6.45, 7) is 2.01. The number of nitrogens with one attached hydrogen (secondary N) is 2. The van der Waals surface area contributed by atoms with Gasteiger partial charge in [-0.25, -0.2) is 4.39 Å². The maximum absolute atomic E-state index is 12.8. The van der Waals surface area contributed by atoms with Crippen molar-refractivity contribution in [3.05, 3.63) is 71.7 Å². The fraction of sp³-hybridized carbons (Fsp3) is 0.333. The Labute approximate surface area is 178 Å². The molecule has 3 N–H and O–H groups in total. The predicted molar refractivity (Wildman–Crippen MR) is 110 cm³/mol. The third-order valence-electron chi connectivity index (χ3n) is 4.26. The summed E-state index contributed by atoms with van der Waals surface area (Å²) in [4.78, 5) is 0.588. The fourth-order valence-corrected chi connectivity index (χ4v) is 2.86. The van der Waals surface area contributed by atoms with Gasteiger partial charge in [0, 0.05) is 4.90 Å². The molecule has 1 aliphatic rings. The second kappa shape index (κ2) is 11.8. The van der Waals surface area contributed by atoms with Gasteiger partial charge in [-0.1, -0.05) is 17.7 Å². The van der Waals surface area contributed by atoms with Crippen molar-refractivity contribution >= 4 is 12.6 Å². The number of ether oxygens (including phenoxy) is 1. The monoisotopic (exact) mass is 444 g/mol. The third kappa shape index (κ3) is 9.06. The zero-order valence-corrected chi connectivity index (χ0v) is 17.0. The lowest BCUT2D eigenvalue weighted by atomic mass is 10.1. The topological polar surface area (TPSA) is 53.5 Å². The SMILES string of the molecule is FC(F)(F)Oc1ccc(S)cc1.OCC(NC=C1CCNCC1)c1ccc(F)cc1. The van der Waals surface area contributed by atoms with Crippen molar-refractivity contribution in [2.24, 2.45) is 0 Å². The van der Waals surface area contributed by atoms with E-state index >= 15 is 0 Å². The Balaban J connectivity index is 0.000000232. The first-order chi connectivity index (χ1) is 14.3. The number of hydrogen-bond acceptors (Lipinski definition) is 5. The van der Waals surface area contributed by atoms with E-state index in [-0.39, 0.29) is 24.2 Å². The number of aliphatic hydroxyl groups excluding tert-OH is 1. The minimum absolute atomic E-state index is 0.00629. The molecule has 9 heteroatoms. The molecule has 0 aromatic heterocycles. The van der Waals surface area contributed by atoms with E-state index in [1.165, 1.54) is 42.0 Å². The van der Waals surface area contributed by atoms with Crippen molar-refractivity contribution in [2.45, 2.75) is 30.1 Å². The Kier molecular flexibility index (Phi) is 9.48. The van der Waals surface area contributed by atoms with E-state index in [4.69, 9.17) is 0 Å². The van der Waals surface area contributed by atoms with Crippen molar-refractivity contribution in [3.8, 4) is 5.75 Å². The molecule has 3 rings (SSSR count). The first kappa shape index (κ1) is 24.0. The standard InChI is InChI=1S/C14H19FN2O.C7H5F3OS/c15-13-3-1-12(2-4-13)14(10-18)17-9-11-5-7-16-8-6-11;8-7(9,10)11-5-1-3-6(12)4-2-5/h1-4,9,14,16-18H,5-8,10H2;1-4,12H. The lowest BCUT2D eigenvalue weighted by Gasteiger charge is -2.19. The van der Waals surface area contributed by atoms with Gasteiger partial charge in [0.25, 0.3) is 0 Å². The maximum Gasteiger partial charge on any atom is 0.573 e. The summed E-state index contributed by atoms with van der Waals surface area (Å²) < 4.78 is 51.3. The highest BCUT2D eigenvalue weighted by atomic mass is 32.1. The van der Waals surface area contributed by atoms with Crippen LogP contribution in [0.2, 0.25) is 0 Å². The summed E-state index contributed by atoms with van der Waals surface area (Å²) in [5.41, 5.74) is 2.25. The van der Waals surface area contributed by atoms with Crippen molar-refractivity contribution in [3.63, 3.8) is 0 Å². The molecule has 1 heterocycles. The van der Waals surface area contributed by atoms with Gasteiger partial charge in [0.05, 0.1) is 12.6 Å². The minimum atomic E-state index is -4.63. The Morgan fingerprint density at radius 3 is 2.20 bits per heavy atom. The van der Waals surface area contributed by atoms with Crippen molar-refractivity contribution < 1.29 is 27.4 Å². The van der Waals surface area contributed by atoms with E-state index in [1.54, 1.807) is 12.1 Å². The van der Waals surface area contributed by atoms with E-state index in [2.05, 4.69) is 28.0 Å². The van der Waals surface area contributed by atoms with Crippen LogP contribution in [-0.2, 0) is 0 Å². The normalized spacial score (nSPS) is 14.9. The van der Waals surface area contributed by atoms with Crippen molar-refractivity contribution in [1.82, 2.24) is 10.6 Å². The van der Waals surface area contributed by atoms with Crippen LogP contribution in [0.3, 0.4) is 0 Å². The molecule has 1 fully saturated rings. The summed E-state index contributed by atoms with van der Waals surface area (Å²) in [5, 5.41) is 15.9. The van der Waals surface area contributed by atoms with Gasteiger partial charge >= 0.3 is 6.36 Å². The highest BCUT2D eigenvalue weighted by Gasteiger charge is 2.30. The molecule has 0 spiro atoms. The van der Waals surface area contributed by atoms with Gasteiger partial charge in [0.2, 0.25) is 0 Å². The zero-order valence-electron chi connectivity index (χ0n) is 16.1. The van der Waals surface area contributed by atoms with Crippen LogP contribution in [0.1, 0.15) is 24.4 Å². The minimum Gasteiger partial charge on any atom is -0.406 e. The first-order valence-corrected chi connectivity index (χ1v) is 9.77. The molecule has 4 nitrogen and oxygen atoms in total. The summed E-state index contributed by atoms with van der Waals surface area (Å²) in [6.07, 6.45) is -0.563. The molecule has 1 atom stereocenters. The molecule has 30 heavy (non-hydrogen) atoms. The van der Waals surface area contributed by atoms with E-state index in [1.807, 2.05) is 6.20 Å². The van der Waals surface area contributed by atoms with Gasteiger partial charge in [0.1, 0.15) is 11.6 Å². The van der Waals surface area contributed by atoms with Gasteiger partial charge in [-0.3, -0.25) is 0 Å². The van der Waals surface area contributed by atoms with Gasteiger partial charge in [-0.2, -0.15) is 0 Å². The van der Waals surface area contributed by atoms with Crippen LogP contribution in [0, 0.1) is 5.82 Å². The lowest BCUT2D eigenvalue weighted by Crippen LogP contribution is -2.25. The molecule has 2 aromatic rings. The predicted octanol–water partition coefficient (Wildman–Crippen LogP) is 4.59.